The Balaban J connectivity index is 2.02. The molecule has 0 saturated heterocycles. The molecule has 2 heterocycles. The van der Waals surface area contributed by atoms with Crippen molar-refractivity contribution in [3.05, 3.63) is 44.8 Å². The first-order chi connectivity index (χ1) is 9.83. The summed E-state index contributed by atoms with van der Waals surface area (Å²) in [4.78, 5) is 8.04. The summed E-state index contributed by atoms with van der Waals surface area (Å²) in [6.45, 7) is 8.19. The lowest BCUT2D eigenvalue weighted by atomic mass is 10.1. The van der Waals surface area contributed by atoms with E-state index < -0.39 is 0 Å². The van der Waals surface area contributed by atoms with Crippen molar-refractivity contribution in [2.75, 3.05) is 11.9 Å². The Kier molecular flexibility index (Phi) is 5.41. The van der Waals surface area contributed by atoms with Crippen LogP contribution in [0.3, 0.4) is 0 Å². The highest BCUT2D eigenvalue weighted by Gasteiger charge is 2.10. The largest absolute Gasteiger partial charge is 0.369 e. The van der Waals surface area contributed by atoms with Gasteiger partial charge >= 0.3 is 0 Å². The lowest BCUT2D eigenvalue weighted by Gasteiger charge is -2.22. The summed E-state index contributed by atoms with van der Waals surface area (Å²) in [5.41, 5.74) is 2.37. The highest BCUT2D eigenvalue weighted by molar-refractivity contribution is 9.10. The maximum atomic E-state index is 4.44. The van der Waals surface area contributed by atoms with Crippen molar-refractivity contribution in [2.45, 2.75) is 39.4 Å². The van der Waals surface area contributed by atoms with E-state index in [0.717, 1.165) is 23.3 Å². The van der Waals surface area contributed by atoms with Gasteiger partial charge in [0.2, 0.25) is 0 Å². The summed E-state index contributed by atoms with van der Waals surface area (Å²) >= 11 is 5.28. The molecule has 0 aromatic carbocycles. The van der Waals surface area contributed by atoms with Gasteiger partial charge in [-0.1, -0.05) is 0 Å². The summed E-state index contributed by atoms with van der Waals surface area (Å²) in [5, 5.41) is 5.59. The van der Waals surface area contributed by atoms with Crippen molar-refractivity contribution in [3.63, 3.8) is 0 Å². The zero-order chi connectivity index (χ0) is 15.5. The summed E-state index contributed by atoms with van der Waals surface area (Å²) in [6.07, 6.45) is 1.88. The van der Waals surface area contributed by atoms with E-state index in [2.05, 4.69) is 82.5 Å². The minimum absolute atomic E-state index is 0.104. The average Bonchev–Trinajstić information content (AvgIpc) is 2.81. The van der Waals surface area contributed by atoms with Gasteiger partial charge in [-0.3, -0.25) is 4.98 Å². The number of hydrogen-bond donors (Lipinski definition) is 1. The first-order valence-electron chi connectivity index (χ1n) is 6.97. The van der Waals surface area contributed by atoms with Crippen LogP contribution in [0.5, 0.6) is 0 Å². The molecule has 0 fully saturated rings. The van der Waals surface area contributed by atoms with Crippen LogP contribution in [0.2, 0.25) is 0 Å². The lowest BCUT2D eigenvalue weighted by Crippen LogP contribution is -2.35. The topological polar surface area (TPSA) is 28.2 Å². The first-order valence-corrected chi connectivity index (χ1v) is 8.65. The Morgan fingerprint density at radius 2 is 2.10 bits per heavy atom. The highest BCUT2D eigenvalue weighted by atomic mass is 79.9. The molecular weight excluding hydrogens is 346 g/mol. The molecule has 114 valence electrons. The third kappa shape index (κ3) is 5.41. The van der Waals surface area contributed by atoms with Gasteiger partial charge in [0.15, 0.2) is 0 Å². The number of rotatable bonds is 5. The predicted octanol–water partition coefficient (Wildman–Crippen LogP) is 4.43. The van der Waals surface area contributed by atoms with Gasteiger partial charge in [-0.25, -0.2) is 0 Å². The Labute approximate surface area is 139 Å². The maximum absolute atomic E-state index is 4.44. The number of aromatic nitrogens is 1. The molecule has 0 spiro atoms. The van der Waals surface area contributed by atoms with Gasteiger partial charge in [-0.15, -0.1) is 11.3 Å². The Hall–Kier alpha value is -0.910. The van der Waals surface area contributed by atoms with Gasteiger partial charge in [-0.2, -0.15) is 0 Å². The van der Waals surface area contributed by atoms with Crippen molar-refractivity contribution < 1.29 is 0 Å². The number of nitrogens with one attached hydrogen (secondary N) is 1. The summed E-state index contributed by atoms with van der Waals surface area (Å²) < 4.78 is 1.15. The molecule has 1 N–H and O–H groups in total. The molecule has 0 saturated carbocycles. The van der Waals surface area contributed by atoms with Crippen molar-refractivity contribution in [1.29, 1.82) is 0 Å². The third-order valence-corrected chi connectivity index (χ3v) is 4.74. The summed E-state index contributed by atoms with van der Waals surface area (Å²) in [5.74, 6) is 0. The van der Waals surface area contributed by atoms with Crippen molar-refractivity contribution in [3.8, 4) is 0 Å². The van der Waals surface area contributed by atoms with E-state index in [0.29, 0.717) is 0 Å². The minimum atomic E-state index is 0.104. The summed E-state index contributed by atoms with van der Waals surface area (Å²) in [6, 6.07) is 6.38. The van der Waals surface area contributed by atoms with E-state index in [1.807, 2.05) is 6.20 Å². The van der Waals surface area contributed by atoms with Crippen LogP contribution in [0.15, 0.2) is 34.2 Å². The van der Waals surface area contributed by atoms with Crippen molar-refractivity contribution in [1.82, 2.24) is 10.3 Å². The molecule has 2 aromatic rings. The minimum Gasteiger partial charge on any atom is -0.369 e. The van der Waals surface area contributed by atoms with Crippen LogP contribution in [0.4, 0.5) is 5.69 Å². The standard InChI is InChI=1S/C16H22BrN3S/c1-16(2,3)19-9-13-8-14(5-6-18-13)20(4)10-15-7-12(17)11-21-15/h5-8,11,19H,9-10H2,1-4H3. The zero-order valence-corrected chi connectivity index (χ0v) is 15.4. The molecule has 2 aromatic heterocycles. The first kappa shape index (κ1) is 16.5. The van der Waals surface area contributed by atoms with E-state index in [1.54, 1.807) is 11.3 Å². The number of thiophene rings is 1. The zero-order valence-electron chi connectivity index (χ0n) is 13.0. The number of anilines is 1. The Morgan fingerprint density at radius 1 is 1.33 bits per heavy atom. The van der Waals surface area contributed by atoms with E-state index in [9.17, 15) is 0 Å². The molecule has 2 rings (SSSR count). The van der Waals surface area contributed by atoms with E-state index in [4.69, 9.17) is 0 Å². The van der Waals surface area contributed by atoms with Gasteiger partial charge < -0.3 is 10.2 Å². The van der Waals surface area contributed by atoms with E-state index >= 15 is 0 Å². The molecule has 0 aliphatic heterocycles. The van der Waals surface area contributed by atoms with Gasteiger partial charge in [0.1, 0.15) is 0 Å². The second-order valence-electron chi connectivity index (χ2n) is 6.20. The molecule has 0 atom stereocenters. The van der Waals surface area contributed by atoms with Crippen LogP contribution in [0.25, 0.3) is 0 Å². The monoisotopic (exact) mass is 367 g/mol. The normalized spacial score (nSPS) is 11.7. The maximum Gasteiger partial charge on any atom is 0.0562 e. The molecule has 0 amide bonds. The molecule has 0 aliphatic carbocycles. The number of pyridine rings is 1. The fraction of sp³-hybridized carbons (Fsp3) is 0.438. The van der Waals surface area contributed by atoms with Gasteiger partial charge in [-0.05, 0) is 54.9 Å². The van der Waals surface area contributed by atoms with Crippen LogP contribution in [-0.4, -0.2) is 17.6 Å². The Morgan fingerprint density at radius 3 is 2.71 bits per heavy atom. The van der Waals surface area contributed by atoms with Crippen molar-refractivity contribution in [2.24, 2.45) is 0 Å². The van der Waals surface area contributed by atoms with Gasteiger partial charge in [0.25, 0.3) is 0 Å². The molecule has 21 heavy (non-hydrogen) atoms. The molecule has 0 unspecified atom stereocenters. The highest BCUT2D eigenvalue weighted by Crippen LogP contribution is 2.23. The quantitative estimate of drug-likeness (QED) is 0.846. The van der Waals surface area contributed by atoms with Crippen LogP contribution in [-0.2, 0) is 13.1 Å². The second kappa shape index (κ2) is 6.90. The number of hydrogen-bond acceptors (Lipinski definition) is 4. The molecule has 3 nitrogen and oxygen atoms in total. The predicted molar refractivity (Wildman–Crippen MR) is 95.0 cm³/mol. The average molecular weight is 368 g/mol. The Bertz CT molecular complexity index is 589. The molecule has 0 bridgehead atoms. The fourth-order valence-electron chi connectivity index (χ4n) is 1.92. The SMILES string of the molecule is CN(Cc1cc(Br)cs1)c1ccnc(CNC(C)(C)C)c1. The van der Waals surface area contributed by atoms with E-state index in [-0.39, 0.29) is 5.54 Å². The van der Waals surface area contributed by atoms with Crippen LogP contribution >= 0.6 is 27.3 Å². The van der Waals surface area contributed by atoms with Gasteiger partial charge in [0.05, 0.1) is 12.2 Å². The van der Waals surface area contributed by atoms with Gasteiger partial charge in [0, 0.05) is 45.7 Å². The number of nitrogens with zero attached hydrogens (tertiary/aromatic N) is 2. The molecule has 0 aliphatic rings. The molecule has 0 radical (unpaired) electrons. The third-order valence-electron chi connectivity index (χ3n) is 3.06. The van der Waals surface area contributed by atoms with Crippen LogP contribution in [0, 0.1) is 0 Å². The molecular formula is C16H22BrN3S. The van der Waals surface area contributed by atoms with Crippen LogP contribution in [0.1, 0.15) is 31.3 Å². The molecule has 5 heteroatoms. The lowest BCUT2D eigenvalue weighted by molar-refractivity contribution is 0.421. The second-order valence-corrected chi connectivity index (χ2v) is 8.11. The summed E-state index contributed by atoms with van der Waals surface area (Å²) in [7, 11) is 2.12. The number of halogens is 1. The fourth-order valence-corrected chi connectivity index (χ4v) is 3.42. The van der Waals surface area contributed by atoms with Crippen molar-refractivity contribution >= 4 is 33.0 Å². The van der Waals surface area contributed by atoms with Crippen LogP contribution < -0.4 is 10.2 Å². The van der Waals surface area contributed by atoms with E-state index in [1.165, 1.54) is 10.6 Å². The smallest absolute Gasteiger partial charge is 0.0562 e.